The third-order valence-electron chi connectivity index (χ3n) is 5.24. The normalized spacial score (nSPS) is 15.7. The summed E-state index contributed by atoms with van der Waals surface area (Å²) < 4.78 is 10.6. The van der Waals surface area contributed by atoms with Crippen LogP contribution in [0, 0.1) is 0 Å². The lowest BCUT2D eigenvalue weighted by Crippen LogP contribution is -2.51. The molecule has 2 aromatic heterocycles. The number of piperazine rings is 1. The molecule has 1 saturated heterocycles. The van der Waals surface area contributed by atoms with Gasteiger partial charge in [0.15, 0.2) is 0 Å². The van der Waals surface area contributed by atoms with Gasteiger partial charge >= 0.3 is 6.03 Å². The number of aromatic nitrogens is 1. The average Bonchev–Trinajstić information content (AvgIpc) is 3.47. The molecule has 3 aromatic rings. The van der Waals surface area contributed by atoms with Gasteiger partial charge in [-0.1, -0.05) is 0 Å². The monoisotopic (exact) mass is 426 g/mol. The molecule has 158 valence electrons. The van der Waals surface area contributed by atoms with E-state index in [2.05, 4.69) is 15.6 Å². The zero-order valence-corrected chi connectivity index (χ0v) is 18.0. The molecule has 1 aliphatic rings. The minimum Gasteiger partial charge on any atom is -0.497 e. The van der Waals surface area contributed by atoms with Crippen LogP contribution in [0.25, 0.3) is 10.6 Å². The molecule has 0 bridgehead atoms. The molecule has 0 radical (unpaired) electrons. The van der Waals surface area contributed by atoms with Gasteiger partial charge in [-0.2, -0.15) is 0 Å². The molecule has 4 rings (SSSR count). The standard InChI is InChI=1S/C22H26N4O3S/c1-16(20-4-3-13-29-20)23-22(27)26-11-9-25(10-12-26)14-18-15-30-21(24-18)17-5-7-19(28-2)8-6-17/h3-8,13,15-16H,9-12,14H2,1-2H3,(H,23,27). The van der Waals surface area contributed by atoms with E-state index < -0.39 is 0 Å². The van der Waals surface area contributed by atoms with Crippen molar-refractivity contribution in [2.24, 2.45) is 0 Å². The van der Waals surface area contributed by atoms with E-state index in [1.54, 1.807) is 24.7 Å². The van der Waals surface area contributed by atoms with Crippen LogP contribution in [0.4, 0.5) is 4.79 Å². The fraction of sp³-hybridized carbons (Fsp3) is 0.364. The number of urea groups is 1. The highest BCUT2D eigenvalue weighted by molar-refractivity contribution is 7.13. The van der Waals surface area contributed by atoms with Gasteiger partial charge in [-0.15, -0.1) is 11.3 Å². The summed E-state index contributed by atoms with van der Waals surface area (Å²) in [5.74, 6) is 1.61. The molecule has 1 unspecified atom stereocenters. The van der Waals surface area contributed by atoms with Gasteiger partial charge < -0.3 is 19.4 Å². The van der Waals surface area contributed by atoms with Crippen molar-refractivity contribution >= 4 is 17.4 Å². The Hall–Kier alpha value is -2.84. The Kier molecular flexibility index (Phi) is 6.35. The maximum atomic E-state index is 12.5. The average molecular weight is 427 g/mol. The van der Waals surface area contributed by atoms with Crippen molar-refractivity contribution in [2.45, 2.75) is 19.5 Å². The molecule has 0 saturated carbocycles. The maximum absolute atomic E-state index is 12.5. The number of hydrogen-bond acceptors (Lipinski definition) is 6. The van der Waals surface area contributed by atoms with E-state index in [1.807, 2.05) is 48.2 Å². The molecular formula is C22H26N4O3S. The van der Waals surface area contributed by atoms with Crippen LogP contribution in [-0.4, -0.2) is 54.1 Å². The predicted molar refractivity (Wildman–Crippen MR) is 117 cm³/mol. The van der Waals surface area contributed by atoms with Crippen LogP contribution in [0.2, 0.25) is 0 Å². The molecule has 0 aliphatic carbocycles. The lowest BCUT2D eigenvalue weighted by molar-refractivity contribution is 0.132. The van der Waals surface area contributed by atoms with Gasteiger partial charge in [0.2, 0.25) is 0 Å². The van der Waals surface area contributed by atoms with Crippen molar-refractivity contribution in [1.29, 1.82) is 0 Å². The van der Waals surface area contributed by atoms with Crippen LogP contribution in [0.5, 0.6) is 5.75 Å². The van der Waals surface area contributed by atoms with Gasteiger partial charge in [-0.25, -0.2) is 9.78 Å². The van der Waals surface area contributed by atoms with E-state index >= 15 is 0 Å². The minimum atomic E-state index is -0.142. The SMILES string of the molecule is COc1ccc(-c2nc(CN3CCN(C(=O)NC(C)c4ccco4)CC3)cs2)cc1. The molecule has 1 atom stereocenters. The summed E-state index contributed by atoms with van der Waals surface area (Å²) in [6.07, 6.45) is 1.62. The number of furan rings is 1. The number of nitrogens with zero attached hydrogens (tertiary/aromatic N) is 3. The first-order chi connectivity index (χ1) is 14.6. The van der Waals surface area contributed by atoms with E-state index in [9.17, 15) is 4.79 Å². The third-order valence-corrected chi connectivity index (χ3v) is 6.18. The van der Waals surface area contributed by atoms with Crippen LogP contribution in [0.15, 0.2) is 52.5 Å². The second-order valence-corrected chi connectivity index (χ2v) is 8.18. The van der Waals surface area contributed by atoms with Crippen molar-refractivity contribution in [3.05, 3.63) is 59.5 Å². The Morgan fingerprint density at radius 1 is 1.23 bits per heavy atom. The Labute approximate surface area is 180 Å². The van der Waals surface area contributed by atoms with Crippen molar-refractivity contribution in [3.8, 4) is 16.3 Å². The highest BCUT2D eigenvalue weighted by Gasteiger charge is 2.23. The topological polar surface area (TPSA) is 70.8 Å². The van der Waals surface area contributed by atoms with Gasteiger partial charge in [0.1, 0.15) is 16.5 Å². The Bertz CT molecular complexity index is 947. The fourth-order valence-electron chi connectivity index (χ4n) is 3.47. The van der Waals surface area contributed by atoms with Crippen LogP contribution >= 0.6 is 11.3 Å². The number of benzene rings is 1. The smallest absolute Gasteiger partial charge is 0.318 e. The lowest BCUT2D eigenvalue weighted by Gasteiger charge is -2.34. The first kappa shape index (κ1) is 20.4. The van der Waals surface area contributed by atoms with Crippen LogP contribution in [-0.2, 0) is 6.54 Å². The fourth-order valence-corrected chi connectivity index (χ4v) is 4.29. The van der Waals surface area contributed by atoms with E-state index in [4.69, 9.17) is 14.1 Å². The second-order valence-electron chi connectivity index (χ2n) is 7.32. The molecular weight excluding hydrogens is 400 g/mol. The molecule has 1 fully saturated rings. The zero-order valence-electron chi connectivity index (χ0n) is 17.2. The lowest BCUT2D eigenvalue weighted by atomic mass is 10.2. The zero-order chi connectivity index (χ0) is 20.9. The molecule has 8 heteroatoms. The summed E-state index contributed by atoms with van der Waals surface area (Å²) in [5, 5.41) is 6.13. The number of nitrogens with one attached hydrogen (secondary N) is 1. The van der Waals surface area contributed by atoms with Gasteiger partial charge in [0.05, 0.1) is 25.1 Å². The second kappa shape index (κ2) is 9.32. The van der Waals surface area contributed by atoms with Gasteiger partial charge in [0.25, 0.3) is 0 Å². The van der Waals surface area contributed by atoms with E-state index in [0.29, 0.717) is 13.1 Å². The Morgan fingerprint density at radius 3 is 2.67 bits per heavy atom. The number of rotatable bonds is 6. The van der Waals surface area contributed by atoms with Crippen molar-refractivity contribution in [1.82, 2.24) is 20.1 Å². The minimum absolute atomic E-state index is 0.0472. The third kappa shape index (κ3) is 4.83. The molecule has 3 heterocycles. The summed E-state index contributed by atoms with van der Waals surface area (Å²) >= 11 is 1.65. The number of thiazole rings is 1. The van der Waals surface area contributed by atoms with Gasteiger partial charge in [0, 0.05) is 43.7 Å². The van der Waals surface area contributed by atoms with E-state index in [-0.39, 0.29) is 12.1 Å². The summed E-state index contributed by atoms with van der Waals surface area (Å²) in [7, 11) is 1.67. The predicted octanol–water partition coefficient (Wildman–Crippen LogP) is 4.00. The van der Waals surface area contributed by atoms with Gasteiger partial charge in [-0.05, 0) is 43.3 Å². The Morgan fingerprint density at radius 2 is 2.00 bits per heavy atom. The summed E-state index contributed by atoms with van der Waals surface area (Å²) in [4.78, 5) is 21.5. The quantitative estimate of drug-likeness (QED) is 0.645. The first-order valence-corrected chi connectivity index (χ1v) is 10.9. The summed E-state index contributed by atoms with van der Waals surface area (Å²) in [6.45, 7) is 5.79. The highest BCUT2D eigenvalue weighted by atomic mass is 32.1. The molecule has 30 heavy (non-hydrogen) atoms. The summed E-state index contributed by atoms with van der Waals surface area (Å²) in [6, 6.07) is 11.5. The maximum Gasteiger partial charge on any atom is 0.318 e. The number of amides is 2. The number of methoxy groups -OCH3 is 1. The molecule has 0 spiro atoms. The molecule has 1 aliphatic heterocycles. The number of carbonyl (C=O) groups excluding carboxylic acids is 1. The molecule has 2 amide bonds. The summed E-state index contributed by atoms with van der Waals surface area (Å²) in [5.41, 5.74) is 2.16. The molecule has 1 aromatic carbocycles. The van der Waals surface area contributed by atoms with Crippen LogP contribution in [0.1, 0.15) is 24.4 Å². The molecule has 7 nitrogen and oxygen atoms in total. The number of carbonyl (C=O) groups is 1. The van der Waals surface area contributed by atoms with Gasteiger partial charge in [-0.3, -0.25) is 4.90 Å². The highest BCUT2D eigenvalue weighted by Crippen LogP contribution is 2.26. The van der Waals surface area contributed by atoms with Crippen molar-refractivity contribution in [3.63, 3.8) is 0 Å². The largest absolute Gasteiger partial charge is 0.497 e. The number of ether oxygens (including phenoxy) is 1. The van der Waals surface area contributed by atoms with Crippen LogP contribution < -0.4 is 10.1 Å². The van der Waals surface area contributed by atoms with Crippen LogP contribution in [0.3, 0.4) is 0 Å². The Balaban J connectivity index is 1.26. The molecule has 1 N–H and O–H groups in total. The number of hydrogen-bond donors (Lipinski definition) is 1. The van der Waals surface area contributed by atoms with Crippen molar-refractivity contribution < 1.29 is 13.9 Å². The van der Waals surface area contributed by atoms with E-state index in [1.165, 1.54) is 0 Å². The van der Waals surface area contributed by atoms with Crippen molar-refractivity contribution in [2.75, 3.05) is 33.3 Å². The van der Waals surface area contributed by atoms with E-state index in [0.717, 1.165) is 47.4 Å². The first-order valence-electron chi connectivity index (χ1n) is 10.0.